The number of halogens is 1. The highest BCUT2D eigenvalue weighted by Crippen LogP contribution is 2.07. The van der Waals surface area contributed by atoms with E-state index in [2.05, 4.69) is 15.3 Å². The van der Waals surface area contributed by atoms with E-state index in [1.54, 1.807) is 23.6 Å². The number of hydrogen-bond acceptors (Lipinski definition) is 4. The zero-order chi connectivity index (χ0) is 10.5. The summed E-state index contributed by atoms with van der Waals surface area (Å²) in [6.07, 6.45) is 3.65. The lowest BCUT2D eigenvalue weighted by Crippen LogP contribution is -2.11. The number of pyridine rings is 1. The maximum Gasteiger partial charge on any atom is 0.129 e. The van der Waals surface area contributed by atoms with Crippen molar-refractivity contribution in [1.82, 2.24) is 15.3 Å². The minimum Gasteiger partial charge on any atom is -0.308 e. The van der Waals surface area contributed by atoms with Crippen molar-refractivity contribution >= 4 is 22.9 Å². The first-order valence-electron chi connectivity index (χ1n) is 4.53. The molecule has 0 aromatic carbocycles. The van der Waals surface area contributed by atoms with Crippen LogP contribution in [-0.4, -0.2) is 9.97 Å². The van der Waals surface area contributed by atoms with Crippen LogP contribution in [0.1, 0.15) is 10.4 Å². The van der Waals surface area contributed by atoms with Crippen LogP contribution < -0.4 is 5.32 Å². The number of hydrogen-bond donors (Lipinski definition) is 1. The Morgan fingerprint density at radius 2 is 2.20 bits per heavy atom. The molecule has 0 fully saturated rings. The molecule has 1 N–H and O–H groups in total. The molecule has 0 spiro atoms. The zero-order valence-corrected chi connectivity index (χ0v) is 9.55. The summed E-state index contributed by atoms with van der Waals surface area (Å²) in [6.45, 7) is 1.63. The van der Waals surface area contributed by atoms with E-state index >= 15 is 0 Å². The minimum absolute atomic E-state index is 0.529. The molecule has 0 aliphatic carbocycles. The van der Waals surface area contributed by atoms with Gasteiger partial charge in [-0.3, -0.25) is 4.98 Å². The maximum absolute atomic E-state index is 5.69. The zero-order valence-electron chi connectivity index (χ0n) is 7.98. The van der Waals surface area contributed by atoms with Gasteiger partial charge in [-0.1, -0.05) is 17.7 Å². The molecule has 2 aromatic rings. The predicted octanol–water partition coefficient (Wildman–Crippen LogP) is 2.48. The largest absolute Gasteiger partial charge is 0.308 e. The molecular weight excluding hydrogens is 230 g/mol. The monoisotopic (exact) mass is 239 g/mol. The number of aromatic nitrogens is 2. The predicted molar refractivity (Wildman–Crippen MR) is 61.9 cm³/mol. The van der Waals surface area contributed by atoms with Crippen LogP contribution in [0.2, 0.25) is 5.15 Å². The quantitative estimate of drug-likeness (QED) is 0.833. The van der Waals surface area contributed by atoms with Crippen LogP contribution >= 0.6 is 22.9 Å². The first-order chi connectivity index (χ1) is 7.34. The van der Waals surface area contributed by atoms with Crippen molar-refractivity contribution in [2.75, 3.05) is 0 Å². The van der Waals surface area contributed by atoms with Crippen LogP contribution in [0.3, 0.4) is 0 Å². The van der Waals surface area contributed by atoms with Crippen molar-refractivity contribution in [3.63, 3.8) is 0 Å². The molecule has 0 unspecified atom stereocenters. The summed E-state index contributed by atoms with van der Waals surface area (Å²) in [5, 5.41) is 3.84. The molecule has 78 valence electrons. The van der Waals surface area contributed by atoms with E-state index in [0.29, 0.717) is 5.15 Å². The Hall–Kier alpha value is -0.970. The normalized spacial score (nSPS) is 10.5. The molecule has 0 saturated heterocycles. The Balaban J connectivity index is 1.81. The third kappa shape index (κ3) is 3.27. The van der Waals surface area contributed by atoms with E-state index < -0.39 is 0 Å². The Bertz CT molecular complexity index is 399. The average molecular weight is 240 g/mol. The molecule has 0 bridgehead atoms. The number of thiazole rings is 1. The van der Waals surface area contributed by atoms with Crippen LogP contribution in [0.5, 0.6) is 0 Å². The van der Waals surface area contributed by atoms with Crippen molar-refractivity contribution < 1.29 is 0 Å². The van der Waals surface area contributed by atoms with Gasteiger partial charge in [0, 0.05) is 30.4 Å². The molecule has 5 heteroatoms. The highest BCUT2D eigenvalue weighted by Gasteiger charge is 1.96. The molecule has 0 radical (unpaired) electrons. The molecule has 2 heterocycles. The van der Waals surface area contributed by atoms with Gasteiger partial charge in [0.2, 0.25) is 0 Å². The summed E-state index contributed by atoms with van der Waals surface area (Å²) in [5.41, 5.74) is 2.96. The molecule has 3 nitrogen and oxygen atoms in total. The van der Waals surface area contributed by atoms with Gasteiger partial charge < -0.3 is 5.32 Å². The van der Waals surface area contributed by atoms with Crippen molar-refractivity contribution in [2.24, 2.45) is 0 Å². The number of nitrogens with one attached hydrogen (secondary N) is 1. The second kappa shape index (κ2) is 5.21. The second-order valence-corrected chi connectivity index (χ2v) is 4.42. The second-order valence-electron chi connectivity index (χ2n) is 3.06. The van der Waals surface area contributed by atoms with E-state index in [4.69, 9.17) is 11.6 Å². The van der Waals surface area contributed by atoms with Gasteiger partial charge in [-0.15, -0.1) is 11.3 Å². The smallest absolute Gasteiger partial charge is 0.129 e. The van der Waals surface area contributed by atoms with Crippen LogP contribution in [0, 0.1) is 0 Å². The molecule has 0 aliphatic heterocycles. The van der Waals surface area contributed by atoms with E-state index in [-0.39, 0.29) is 0 Å². The molecular formula is C10H10ClN3S. The fourth-order valence-corrected chi connectivity index (χ4v) is 1.85. The lowest BCUT2D eigenvalue weighted by atomic mass is 10.3. The molecule has 15 heavy (non-hydrogen) atoms. The Morgan fingerprint density at radius 1 is 1.27 bits per heavy atom. The highest BCUT2D eigenvalue weighted by atomic mass is 35.5. The van der Waals surface area contributed by atoms with Gasteiger partial charge >= 0.3 is 0 Å². The third-order valence-corrected chi connectivity index (χ3v) is 2.90. The van der Waals surface area contributed by atoms with E-state index in [0.717, 1.165) is 18.7 Å². The van der Waals surface area contributed by atoms with Crippen molar-refractivity contribution in [1.29, 1.82) is 0 Å². The van der Waals surface area contributed by atoms with Gasteiger partial charge in [0.1, 0.15) is 5.15 Å². The SMILES string of the molecule is Clc1ccc(CNCc2cncs2)cn1. The summed E-state index contributed by atoms with van der Waals surface area (Å²) >= 11 is 7.34. The Labute approximate surface area is 97.2 Å². The van der Waals surface area contributed by atoms with Crippen LogP contribution in [0.15, 0.2) is 30.0 Å². The van der Waals surface area contributed by atoms with Gasteiger partial charge in [0.05, 0.1) is 5.51 Å². The van der Waals surface area contributed by atoms with Gasteiger partial charge in [-0.05, 0) is 11.6 Å². The van der Waals surface area contributed by atoms with Crippen LogP contribution in [0.25, 0.3) is 0 Å². The fourth-order valence-electron chi connectivity index (χ4n) is 1.17. The van der Waals surface area contributed by atoms with Gasteiger partial charge in [0.15, 0.2) is 0 Å². The van der Waals surface area contributed by atoms with Crippen molar-refractivity contribution in [3.8, 4) is 0 Å². The highest BCUT2D eigenvalue weighted by molar-refractivity contribution is 7.09. The lowest BCUT2D eigenvalue weighted by Gasteiger charge is -2.02. The number of nitrogens with zero attached hydrogens (tertiary/aromatic N) is 2. The van der Waals surface area contributed by atoms with Gasteiger partial charge in [-0.25, -0.2) is 4.98 Å². The van der Waals surface area contributed by atoms with E-state index in [1.165, 1.54) is 4.88 Å². The van der Waals surface area contributed by atoms with Crippen molar-refractivity contribution in [3.05, 3.63) is 45.6 Å². The number of rotatable bonds is 4. The molecule has 0 aliphatic rings. The van der Waals surface area contributed by atoms with Crippen molar-refractivity contribution in [2.45, 2.75) is 13.1 Å². The Morgan fingerprint density at radius 3 is 2.87 bits per heavy atom. The molecule has 2 rings (SSSR count). The summed E-state index contributed by atoms with van der Waals surface area (Å²) < 4.78 is 0. The first kappa shape index (κ1) is 10.5. The standard InChI is InChI=1S/C10H10ClN3S/c11-10-2-1-8(4-14-10)3-12-5-9-6-13-7-15-9/h1-2,4,6-7,12H,3,5H2. The van der Waals surface area contributed by atoms with Crippen LogP contribution in [-0.2, 0) is 13.1 Å². The molecule has 0 atom stereocenters. The topological polar surface area (TPSA) is 37.8 Å². The van der Waals surface area contributed by atoms with Gasteiger partial charge in [0.25, 0.3) is 0 Å². The first-order valence-corrected chi connectivity index (χ1v) is 5.79. The minimum atomic E-state index is 0.529. The summed E-state index contributed by atoms with van der Waals surface area (Å²) in [7, 11) is 0. The molecule has 0 saturated carbocycles. The summed E-state index contributed by atoms with van der Waals surface area (Å²) in [4.78, 5) is 9.25. The van der Waals surface area contributed by atoms with Gasteiger partial charge in [-0.2, -0.15) is 0 Å². The summed E-state index contributed by atoms with van der Waals surface area (Å²) in [5.74, 6) is 0. The van der Waals surface area contributed by atoms with E-state index in [9.17, 15) is 0 Å². The third-order valence-electron chi connectivity index (χ3n) is 1.90. The lowest BCUT2D eigenvalue weighted by molar-refractivity contribution is 0.698. The van der Waals surface area contributed by atoms with Crippen LogP contribution in [0.4, 0.5) is 0 Å². The maximum atomic E-state index is 5.69. The Kier molecular flexibility index (Phi) is 3.66. The molecule has 0 amide bonds. The molecule has 2 aromatic heterocycles. The fraction of sp³-hybridized carbons (Fsp3) is 0.200. The van der Waals surface area contributed by atoms with E-state index in [1.807, 2.05) is 17.8 Å². The summed E-state index contributed by atoms with van der Waals surface area (Å²) in [6, 6.07) is 3.76. The average Bonchev–Trinajstić information content (AvgIpc) is 2.74.